The van der Waals surface area contributed by atoms with Gasteiger partial charge in [-0.3, -0.25) is 13.9 Å². The smallest absolute Gasteiger partial charge is 0.332 e. The van der Waals surface area contributed by atoms with Crippen LogP contribution >= 0.6 is 15.9 Å². The molecule has 0 unspecified atom stereocenters. The molecule has 0 bridgehead atoms. The van der Waals surface area contributed by atoms with Gasteiger partial charge < -0.3 is 10.3 Å². The largest absolute Gasteiger partial charge is 0.369 e. The van der Waals surface area contributed by atoms with Gasteiger partial charge in [-0.25, -0.2) is 4.79 Å². The van der Waals surface area contributed by atoms with Crippen molar-refractivity contribution in [1.29, 1.82) is 0 Å². The van der Waals surface area contributed by atoms with Gasteiger partial charge in [0.1, 0.15) is 0 Å². The Bertz CT molecular complexity index is 982. The van der Waals surface area contributed by atoms with Crippen LogP contribution in [0.4, 0.5) is 5.95 Å². The van der Waals surface area contributed by atoms with E-state index in [4.69, 9.17) is 5.73 Å². The summed E-state index contributed by atoms with van der Waals surface area (Å²) in [6.45, 7) is 0.406. The van der Waals surface area contributed by atoms with Gasteiger partial charge in [0.2, 0.25) is 5.95 Å². The lowest BCUT2D eigenvalue weighted by molar-refractivity contribution is 0.702. The Balaban J connectivity index is 2.26. The molecule has 2 aromatic heterocycles. The van der Waals surface area contributed by atoms with Gasteiger partial charge in [0.15, 0.2) is 11.2 Å². The molecule has 2 N–H and O–H groups in total. The van der Waals surface area contributed by atoms with Crippen molar-refractivity contribution >= 4 is 33.0 Å². The van der Waals surface area contributed by atoms with Crippen molar-refractivity contribution in [2.24, 2.45) is 14.1 Å². The van der Waals surface area contributed by atoms with Gasteiger partial charge in [-0.05, 0) is 17.7 Å². The first-order valence-electron chi connectivity index (χ1n) is 6.56. The standard InChI is InChI=1S/C14H14BrN5O2/c1-18-11-10(12(21)19(2)14(18)22)20(13(16)17-11)7-8-3-5-9(15)6-4-8/h3-6H,7H2,1-2H3,(H2,16,17). The van der Waals surface area contributed by atoms with Crippen LogP contribution in [0.1, 0.15) is 5.56 Å². The van der Waals surface area contributed by atoms with E-state index in [-0.39, 0.29) is 5.95 Å². The average Bonchev–Trinajstić information content (AvgIpc) is 2.82. The Morgan fingerprint density at radius 3 is 2.41 bits per heavy atom. The van der Waals surface area contributed by atoms with Crippen LogP contribution in [0.15, 0.2) is 38.3 Å². The number of nitrogens with two attached hydrogens (primary N) is 1. The highest BCUT2D eigenvalue weighted by Gasteiger charge is 2.17. The zero-order chi connectivity index (χ0) is 16.0. The summed E-state index contributed by atoms with van der Waals surface area (Å²) in [5, 5.41) is 0. The summed E-state index contributed by atoms with van der Waals surface area (Å²) in [6, 6.07) is 7.70. The third kappa shape index (κ3) is 2.16. The number of fused-ring (bicyclic) bond motifs is 1. The number of aryl methyl sites for hydroxylation is 1. The van der Waals surface area contributed by atoms with E-state index in [2.05, 4.69) is 20.9 Å². The average molecular weight is 364 g/mol. The van der Waals surface area contributed by atoms with Crippen LogP contribution in [0.5, 0.6) is 0 Å². The Kier molecular flexibility index (Phi) is 3.40. The number of halogens is 1. The number of hydrogen-bond donors (Lipinski definition) is 1. The minimum absolute atomic E-state index is 0.205. The molecular weight excluding hydrogens is 350 g/mol. The SMILES string of the molecule is Cn1c(=O)c2c(nc(N)n2Cc2ccc(Br)cc2)n(C)c1=O. The van der Waals surface area contributed by atoms with Crippen LogP contribution in [-0.2, 0) is 20.6 Å². The molecule has 0 aliphatic heterocycles. The second kappa shape index (κ2) is 5.13. The molecule has 2 heterocycles. The lowest BCUT2D eigenvalue weighted by Crippen LogP contribution is -2.37. The van der Waals surface area contributed by atoms with E-state index < -0.39 is 11.2 Å². The second-order valence-electron chi connectivity index (χ2n) is 5.06. The Labute approximate surface area is 133 Å². The predicted octanol–water partition coefficient (Wildman–Crippen LogP) is 0.827. The van der Waals surface area contributed by atoms with E-state index in [9.17, 15) is 9.59 Å². The highest BCUT2D eigenvalue weighted by molar-refractivity contribution is 9.10. The van der Waals surface area contributed by atoms with Gasteiger partial charge in [-0.15, -0.1) is 0 Å². The molecule has 3 aromatic rings. The van der Waals surface area contributed by atoms with Gasteiger partial charge in [-0.1, -0.05) is 28.1 Å². The molecule has 0 atom stereocenters. The summed E-state index contributed by atoms with van der Waals surface area (Å²) in [5.41, 5.74) is 6.71. The van der Waals surface area contributed by atoms with Gasteiger partial charge in [0.05, 0.1) is 6.54 Å². The molecule has 0 aliphatic rings. The summed E-state index contributed by atoms with van der Waals surface area (Å²) in [7, 11) is 3.01. The summed E-state index contributed by atoms with van der Waals surface area (Å²) >= 11 is 3.38. The lowest BCUT2D eigenvalue weighted by atomic mass is 10.2. The third-order valence-electron chi connectivity index (χ3n) is 3.63. The molecule has 0 radical (unpaired) electrons. The van der Waals surface area contributed by atoms with Gasteiger partial charge >= 0.3 is 5.69 Å². The number of nitrogens with zero attached hydrogens (tertiary/aromatic N) is 4. The first-order chi connectivity index (χ1) is 10.4. The fourth-order valence-corrected chi connectivity index (χ4v) is 2.66. The normalized spacial score (nSPS) is 11.2. The molecule has 0 aliphatic carbocycles. The van der Waals surface area contributed by atoms with Crippen molar-refractivity contribution in [2.45, 2.75) is 6.54 Å². The van der Waals surface area contributed by atoms with E-state index in [1.165, 1.54) is 11.6 Å². The summed E-state index contributed by atoms with van der Waals surface area (Å²) in [4.78, 5) is 28.5. The second-order valence-corrected chi connectivity index (χ2v) is 5.98. The minimum Gasteiger partial charge on any atom is -0.369 e. The highest BCUT2D eigenvalue weighted by atomic mass is 79.9. The van der Waals surface area contributed by atoms with Crippen LogP contribution in [-0.4, -0.2) is 18.7 Å². The maximum Gasteiger partial charge on any atom is 0.332 e. The van der Waals surface area contributed by atoms with Gasteiger partial charge in [-0.2, -0.15) is 4.98 Å². The van der Waals surface area contributed by atoms with Crippen LogP contribution in [0.3, 0.4) is 0 Å². The van der Waals surface area contributed by atoms with Gasteiger partial charge in [0, 0.05) is 18.6 Å². The van der Waals surface area contributed by atoms with E-state index in [1.807, 2.05) is 24.3 Å². The summed E-state index contributed by atoms with van der Waals surface area (Å²) in [6.07, 6.45) is 0. The van der Waals surface area contributed by atoms with Crippen molar-refractivity contribution < 1.29 is 0 Å². The topological polar surface area (TPSA) is 87.8 Å². The first kappa shape index (κ1) is 14.6. The zero-order valence-electron chi connectivity index (χ0n) is 12.1. The molecule has 0 fully saturated rings. The van der Waals surface area contributed by atoms with Crippen LogP contribution in [0.25, 0.3) is 11.2 Å². The molecule has 0 amide bonds. The van der Waals surface area contributed by atoms with E-state index in [1.54, 1.807) is 11.6 Å². The molecule has 1 aromatic carbocycles. The van der Waals surface area contributed by atoms with Gasteiger partial charge in [0.25, 0.3) is 5.56 Å². The van der Waals surface area contributed by atoms with Crippen molar-refractivity contribution in [3.05, 3.63) is 55.1 Å². The molecule has 0 spiro atoms. The molecule has 3 rings (SSSR count). The quantitative estimate of drug-likeness (QED) is 0.730. The monoisotopic (exact) mass is 363 g/mol. The van der Waals surface area contributed by atoms with Crippen LogP contribution in [0.2, 0.25) is 0 Å². The number of aromatic nitrogens is 4. The predicted molar refractivity (Wildman–Crippen MR) is 87.9 cm³/mol. The molecule has 7 nitrogen and oxygen atoms in total. The Morgan fingerprint density at radius 2 is 1.77 bits per heavy atom. The summed E-state index contributed by atoms with van der Waals surface area (Å²) < 4.78 is 4.98. The number of imidazole rings is 1. The first-order valence-corrected chi connectivity index (χ1v) is 7.35. The van der Waals surface area contributed by atoms with Crippen molar-refractivity contribution in [3.63, 3.8) is 0 Å². The fourth-order valence-electron chi connectivity index (χ4n) is 2.40. The Morgan fingerprint density at radius 1 is 1.14 bits per heavy atom. The maximum atomic E-state index is 12.4. The fraction of sp³-hybridized carbons (Fsp3) is 0.214. The number of anilines is 1. The third-order valence-corrected chi connectivity index (χ3v) is 4.16. The zero-order valence-corrected chi connectivity index (χ0v) is 13.7. The number of nitrogen functional groups attached to an aromatic ring is 1. The Hall–Kier alpha value is -2.35. The van der Waals surface area contributed by atoms with Crippen LogP contribution < -0.4 is 17.0 Å². The van der Waals surface area contributed by atoms with Crippen molar-refractivity contribution in [2.75, 3.05) is 5.73 Å². The maximum absolute atomic E-state index is 12.4. The molecule has 0 saturated carbocycles. The molecule has 114 valence electrons. The number of rotatable bonds is 2. The summed E-state index contributed by atoms with van der Waals surface area (Å²) in [5.74, 6) is 0.205. The lowest BCUT2D eigenvalue weighted by Gasteiger charge is -2.08. The van der Waals surface area contributed by atoms with E-state index >= 15 is 0 Å². The molecule has 22 heavy (non-hydrogen) atoms. The van der Waals surface area contributed by atoms with E-state index in [0.29, 0.717) is 17.7 Å². The molecular formula is C14H14BrN5O2. The van der Waals surface area contributed by atoms with E-state index in [0.717, 1.165) is 14.6 Å². The highest BCUT2D eigenvalue weighted by Crippen LogP contribution is 2.17. The van der Waals surface area contributed by atoms with Crippen molar-refractivity contribution in [3.8, 4) is 0 Å². The number of benzene rings is 1. The molecule has 8 heteroatoms. The van der Waals surface area contributed by atoms with Crippen LogP contribution in [0, 0.1) is 0 Å². The minimum atomic E-state index is -0.425. The molecule has 0 saturated heterocycles. The van der Waals surface area contributed by atoms with Crippen molar-refractivity contribution in [1.82, 2.24) is 18.7 Å². The number of hydrogen-bond acceptors (Lipinski definition) is 4.